The molecule has 8 heteroatoms. The number of halogens is 5. The lowest BCUT2D eigenvalue weighted by Crippen LogP contribution is -2.07. The summed E-state index contributed by atoms with van der Waals surface area (Å²) in [6.45, 7) is 0. The van der Waals surface area contributed by atoms with E-state index in [1.165, 1.54) is 6.07 Å². The first-order valence-electron chi connectivity index (χ1n) is 4.56. The van der Waals surface area contributed by atoms with Crippen LogP contribution in [0.1, 0.15) is 5.69 Å². The van der Waals surface area contributed by atoms with Crippen molar-refractivity contribution in [3.05, 3.63) is 41.0 Å². The number of anilines is 1. The van der Waals surface area contributed by atoms with E-state index in [4.69, 9.17) is 17.3 Å². The number of nitrogen functional groups attached to an aromatic ring is 1. The zero-order valence-corrected chi connectivity index (χ0v) is 10.4. The Kier molecular flexibility index (Phi) is 4.13. The molecule has 1 aromatic heterocycles. The number of alkyl halides is 3. The topological polar surface area (TPSA) is 43.8 Å². The molecule has 0 spiro atoms. The third-order valence-electron chi connectivity index (χ3n) is 2.08. The normalized spacial score (nSPS) is 11.1. The van der Waals surface area contributed by atoms with E-state index in [1.807, 2.05) is 0 Å². The van der Waals surface area contributed by atoms with Crippen molar-refractivity contribution in [3.8, 4) is 5.69 Å². The second-order valence-electron chi connectivity index (χ2n) is 3.34. The Morgan fingerprint density at radius 2 is 1.89 bits per heavy atom. The summed E-state index contributed by atoms with van der Waals surface area (Å²) in [6, 6.07) is 7.03. The SMILES string of the molecule is Cl.Nc1cc(C(F)(F)F)nn1-c1cccc(Cl)c1. The van der Waals surface area contributed by atoms with Gasteiger partial charge in [-0.2, -0.15) is 18.3 Å². The minimum absolute atomic E-state index is 0. The molecule has 0 atom stereocenters. The quantitative estimate of drug-likeness (QED) is 0.875. The molecule has 0 unspecified atom stereocenters. The highest BCUT2D eigenvalue weighted by Crippen LogP contribution is 2.30. The Labute approximate surface area is 112 Å². The molecular formula is C10H8Cl2F3N3. The predicted molar refractivity (Wildman–Crippen MR) is 65.2 cm³/mol. The van der Waals surface area contributed by atoms with E-state index in [0.29, 0.717) is 10.7 Å². The Morgan fingerprint density at radius 3 is 2.39 bits per heavy atom. The molecule has 0 radical (unpaired) electrons. The van der Waals surface area contributed by atoms with E-state index in [2.05, 4.69) is 5.10 Å². The lowest BCUT2D eigenvalue weighted by Gasteiger charge is -2.04. The zero-order chi connectivity index (χ0) is 12.6. The maximum atomic E-state index is 12.4. The summed E-state index contributed by atoms with van der Waals surface area (Å²) in [7, 11) is 0. The monoisotopic (exact) mass is 297 g/mol. The van der Waals surface area contributed by atoms with Crippen molar-refractivity contribution < 1.29 is 13.2 Å². The molecular weight excluding hydrogens is 290 g/mol. The van der Waals surface area contributed by atoms with Crippen LogP contribution in [0.25, 0.3) is 5.69 Å². The lowest BCUT2D eigenvalue weighted by atomic mass is 10.3. The number of aromatic nitrogens is 2. The van der Waals surface area contributed by atoms with Crippen molar-refractivity contribution in [1.82, 2.24) is 9.78 Å². The fourth-order valence-corrected chi connectivity index (χ4v) is 1.53. The second kappa shape index (κ2) is 5.07. The molecule has 2 N–H and O–H groups in total. The average Bonchev–Trinajstić information content (AvgIpc) is 2.60. The van der Waals surface area contributed by atoms with E-state index in [0.717, 1.165) is 10.7 Å². The molecule has 18 heavy (non-hydrogen) atoms. The van der Waals surface area contributed by atoms with Crippen molar-refractivity contribution in [2.24, 2.45) is 0 Å². The van der Waals surface area contributed by atoms with Gasteiger partial charge < -0.3 is 5.73 Å². The highest BCUT2D eigenvalue weighted by molar-refractivity contribution is 6.30. The van der Waals surface area contributed by atoms with Gasteiger partial charge in [0.1, 0.15) is 5.82 Å². The number of nitrogens with zero attached hydrogens (tertiary/aromatic N) is 2. The van der Waals surface area contributed by atoms with Crippen LogP contribution in [-0.2, 0) is 6.18 Å². The molecule has 1 heterocycles. The first-order chi connectivity index (χ1) is 7.88. The molecule has 3 nitrogen and oxygen atoms in total. The number of benzene rings is 1. The molecule has 0 saturated heterocycles. The first-order valence-corrected chi connectivity index (χ1v) is 4.94. The van der Waals surface area contributed by atoms with E-state index >= 15 is 0 Å². The molecule has 98 valence electrons. The van der Waals surface area contributed by atoms with Crippen LogP contribution in [0.2, 0.25) is 5.02 Å². The average molecular weight is 298 g/mol. The van der Waals surface area contributed by atoms with Gasteiger partial charge in [-0.05, 0) is 18.2 Å². The Morgan fingerprint density at radius 1 is 1.22 bits per heavy atom. The first kappa shape index (κ1) is 14.7. The van der Waals surface area contributed by atoms with Gasteiger partial charge in [-0.25, -0.2) is 4.68 Å². The summed E-state index contributed by atoms with van der Waals surface area (Å²) in [6.07, 6.45) is -4.52. The molecule has 0 aliphatic heterocycles. The van der Waals surface area contributed by atoms with Gasteiger partial charge in [-0.3, -0.25) is 0 Å². The molecule has 0 aliphatic rings. The zero-order valence-electron chi connectivity index (χ0n) is 8.78. The van der Waals surface area contributed by atoms with Gasteiger partial charge in [0, 0.05) is 11.1 Å². The van der Waals surface area contributed by atoms with Crippen LogP contribution in [-0.4, -0.2) is 9.78 Å². The van der Waals surface area contributed by atoms with Gasteiger partial charge in [0.2, 0.25) is 0 Å². The number of hydrogen-bond donors (Lipinski definition) is 1. The van der Waals surface area contributed by atoms with Crippen molar-refractivity contribution in [1.29, 1.82) is 0 Å². The van der Waals surface area contributed by atoms with Crippen LogP contribution in [0.5, 0.6) is 0 Å². The van der Waals surface area contributed by atoms with Crippen molar-refractivity contribution in [2.75, 3.05) is 5.73 Å². The minimum Gasteiger partial charge on any atom is -0.384 e. The van der Waals surface area contributed by atoms with Gasteiger partial charge in [-0.15, -0.1) is 12.4 Å². The van der Waals surface area contributed by atoms with Crippen molar-refractivity contribution >= 4 is 29.8 Å². The molecule has 0 bridgehead atoms. The predicted octanol–water partition coefficient (Wildman–Crippen LogP) is 3.55. The van der Waals surface area contributed by atoms with E-state index < -0.39 is 11.9 Å². The summed E-state index contributed by atoms with van der Waals surface area (Å²) in [4.78, 5) is 0. The molecule has 0 saturated carbocycles. The molecule has 2 aromatic rings. The third-order valence-corrected chi connectivity index (χ3v) is 2.32. The molecule has 2 rings (SSSR count). The summed E-state index contributed by atoms with van der Waals surface area (Å²) < 4.78 is 38.3. The Bertz CT molecular complexity index is 552. The summed E-state index contributed by atoms with van der Waals surface area (Å²) >= 11 is 5.74. The van der Waals surface area contributed by atoms with Crippen LogP contribution in [0.4, 0.5) is 19.0 Å². The Balaban J connectivity index is 0.00000162. The smallest absolute Gasteiger partial charge is 0.384 e. The van der Waals surface area contributed by atoms with Gasteiger partial charge in [0.05, 0.1) is 5.69 Å². The van der Waals surface area contributed by atoms with Crippen molar-refractivity contribution in [2.45, 2.75) is 6.18 Å². The fraction of sp³-hybridized carbons (Fsp3) is 0.100. The van der Waals surface area contributed by atoms with Gasteiger partial charge in [0.25, 0.3) is 0 Å². The molecule has 0 aliphatic carbocycles. The van der Waals surface area contributed by atoms with Crippen LogP contribution in [0, 0.1) is 0 Å². The Hall–Kier alpha value is -1.40. The van der Waals surface area contributed by atoms with Crippen LogP contribution in [0.15, 0.2) is 30.3 Å². The summed E-state index contributed by atoms with van der Waals surface area (Å²) in [5.74, 6) is -0.0976. The van der Waals surface area contributed by atoms with Crippen LogP contribution < -0.4 is 5.73 Å². The van der Waals surface area contributed by atoms with Crippen LogP contribution >= 0.6 is 24.0 Å². The maximum Gasteiger partial charge on any atom is 0.435 e. The molecule has 1 aromatic carbocycles. The standard InChI is InChI=1S/C10H7ClF3N3.ClH/c11-6-2-1-3-7(4-6)17-9(15)5-8(16-17)10(12,13)14;/h1-5H,15H2;1H. The van der Waals surface area contributed by atoms with Gasteiger partial charge in [0.15, 0.2) is 5.69 Å². The molecule has 0 amide bonds. The third kappa shape index (κ3) is 2.88. The minimum atomic E-state index is -4.52. The number of hydrogen-bond acceptors (Lipinski definition) is 2. The largest absolute Gasteiger partial charge is 0.435 e. The fourth-order valence-electron chi connectivity index (χ4n) is 1.35. The second-order valence-corrected chi connectivity index (χ2v) is 3.78. The summed E-state index contributed by atoms with van der Waals surface area (Å²) in [5, 5.41) is 3.79. The highest BCUT2D eigenvalue weighted by Gasteiger charge is 2.34. The number of rotatable bonds is 1. The van der Waals surface area contributed by atoms with Crippen LogP contribution in [0.3, 0.4) is 0 Å². The van der Waals surface area contributed by atoms with Gasteiger partial charge in [-0.1, -0.05) is 17.7 Å². The van der Waals surface area contributed by atoms with Crippen molar-refractivity contribution in [3.63, 3.8) is 0 Å². The lowest BCUT2D eigenvalue weighted by molar-refractivity contribution is -0.141. The highest BCUT2D eigenvalue weighted by atomic mass is 35.5. The summed E-state index contributed by atoms with van der Waals surface area (Å²) in [5.41, 5.74) is 4.83. The maximum absolute atomic E-state index is 12.4. The molecule has 0 fully saturated rings. The van der Waals surface area contributed by atoms with Gasteiger partial charge >= 0.3 is 6.18 Å². The van der Waals surface area contributed by atoms with E-state index in [-0.39, 0.29) is 18.2 Å². The van der Waals surface area contributed by atoms with E-state index in [1.54, 1.807) is 18.2 Å². The number of nitrogens with two attached hydrogens (primary N) is 1. The van der Waals surface area contributed by atoms with E-state index in [9.17, 15) is 13.2 Å².